The van der Waals surface area contributed by atoms with Gasteiger partial charge in [0.05, 0.1) is 12.5 Å². The van der Waals surface area contributed by atoms with Crippen LogP contribution in [-0.2, 0) is 9.53 Å². The highest BCUT2D eigenvalue weighted by Gasteiger charge is 2.47. The number of rotatable bonds is 2. The van der Waals surface area contributed by atoms with Crippen molar-refractivity contribution in [3.63, 3.8) is 0 Å². The molecule has 1 heterocycles. The van der Waals surface area contributed by atoms with Gasteiger partial charge in [-0.2, -0.15) is 0 Å². The van der Waals surface area contributed by atoms with E-state index in [9.17, 15) is 4.79 Å². The van der Waals surface area contributed by atoms with E-state index in [4.69, 9.17) is 4.74 Å². The zero-order valence-corrected chi connectivity index (χ0v) is 14.0. The molecule has 1 saturated carbocycles. The van der Waals surface area contributed by atoms with Crippen molar-refractivity contribution in [1.29, 1.82) is 0 Å². The van der Waals surface area contributed by atoms with Crippen molar-refractivity contribution in [1.82, 2.24) is 4.90 Å². The molecule has 116 valence electrons. The highest BCUT2D eigenvalue weighted by atomic mass is 16.5. The molecule has 1 saturated heterocycles. The van der Waals surface area contributed by atoms with E-state index in [-0.39, 0.29) is 11.4 Å². The molecule has 2 rings (SSSR count). The van der Waals surface area contributed by atoms with Crippen LogP contribution >= 0.6 is 0 Å². The van der Waals surface area contributed by atoms with Crippen molar-refractivity contribution in [3.05, 3.63) is 0 Å². The van der Waals surface area contributed by atoms with Gasteiger partial charge in [0.15, 0.2) is 0 Å². The number of likely N-dealkylation sites (tertiary alicyclic amines) is 1. The quantitative estimate of drug-likeness (QED) is 0.727. The van der Waals surface area contributed by atoms with Gasteiger partial charge in [-0.1, -0.05) is 27.7 Å². The first-order chi connectivity index (χ1) is 9.20. The van der Waals surface area contributed by atoms with Gasteiger partial charge in [-0.25, -0.2) is 0 Å². The van der Waals surface area contributed by atoms with Crippen LogP contribution in [0.5, 0.6) is 0 Å². The SMILES string of the molecule is COC(=O)C1(C)CCC(N2CC(C)C(C)(C)C(C)C2)C1. The Morgan fingerprint density at radius 1 is 1.15 bits per heavy atom. The monoisotopic (exact) mass is 281 g/mol. The Bertz CT molecular complexity index is 365. The molecule has 20 heavy (non-hydrogen) atoms. The number of ether oxygens (including phenoxy) is 1. The minimum Gasteiger partial charge on any atom is -0.469 e. The van der Waals surface area contributed by atoms with Crippen molar-refractivity contribution in [2.75, 3.05) is 20.2 Å². The van der Waals surface area contributed by atoms with Crippen LogP contribution in [0.25, 0.3) is 0 Å². The fourth-order valence-electron chi connectivity index (χ4n) is 3.99. The molecule has 0 radical (unpaired) electrons. The fourth-order valence-corrected chi connectivity index (χ4v) is 3.99. The molecule has 4 atom stereocenters. The average Bonchev–Trinajstić information content (AvgIpc) is 2.79. The van der Waals surface area contributed by atoms with Crippen LogP contribution in [0.1, 0.15) is 53.9 Å². The molecular weight excluding hydrogens is 250 g/mol. The maximum absolute atomic E-state index is 12.0. The van der Waals surface area contributed by atoms with Gasteiger partial charge in [-0.3, -0.25) is 9.69 Å². The lowest BCUT2D eigenvalue weighted by atomic mass is 9.67. The van der Waals surface area contributed by atoms with E-state index in [0.29, 0.717) is 23.3 Å². The fraction of sp³-hybridized carbons (Fsp3) is 0.941. The largest absolute Gasteiger partial charge is 0.469 e. The predicted octanol–water partition coefficient (Wildman–Crippen LogP) is 3.33. The summed E-state index contributed by atoms with van der Waals surface area (Å²) >= 11 is 0. The number of carbonyl (C=O) groups is 1. The molecular formula is C17H31NO2. The van der Waals surface area contributed by atoms with E-state index in [1.807, 2.05) is 0 Å². The van der Waals surface area contributed by atoms with Crippen molar-refractivity contribution in [3.8, 4) is 0 Å². The Morgan fingerprint density at radius 3 is 2.20 bits per heavy atom. The van der Waals surface area contributed by atoms with Gasteiger partial charge in [0.2, 0.25) is 0 Å². The number of esters is 1. The van der Waals surface area contributed by atoms with E-state index < -0.39 is 0 Å². The number of nitrogens with zero attached hydrogens (tertiary/aromatic N) is 1. The second-order valence-electron chi connectivity index (χ2n) is 8.03. The minimum atomic E-state index is -0.265. The first-order valence-corrected chi connectivity index (χ1v) is 8.03. The molecule has 0 aromatic carbocycles. The van der Waals surface area contributed by atoms with Gasteiger partial charge in [-0.05, 0) is 43.4 Å². The number of hydrogen-bond acceptors (Lipinski definition) is 3. The van der Waals surface area contributed by atoms with Gasteiger partial charge in [0.25, 0.3) is 0 Å². The smallest absolute Gasteiger partial charge is 0.311 e. The molecule has 4 unspecified atom stereocenters. The number of methoxy groups -OCH3 is 1. The van der Waals surface area contributed by atoms with E-state index in [1.165, 1.54) is 20.2 Å². The van der Waals surface area contributed by atoms with Crippen LogP contribution in [0.3, 0.4) is 0 Å². The predicted molar refractivity (Wildman–Crippen MR) is 81.4 cm³/mol. The topological polar surface area (TPSA) is 29.5 Å². The summed E-state index contributed by atoms with van der Waals surface area (Å²) in [5, 5.41) is 0. The third-order valence-corrected chi connectivity index (χ3v) is 6.47. The summed E-state index contributed by atoms with van der Waals surface area (Å²) in [6.07, 6.45) is 3.05. The Morgan fingerprint density at radius 2 is 1.70 bits per heavy atom. The summed E-state index contributed by atoms with van der Waals surface area (Å²) < 4.78 is 4.99. The molecule has 0 spiro atoms. The Kier molecular flexibility index (Phi) is 4.21. The first-order valence-electron chi connectivity index (χ1n) is 8.03. The maximum atomic E-state index is 12.0. The van der Waals surface area contributed by atoms with Gasteiger partial charge in [-0.15, -0.1) is 0 Å². The highest BCUT2D eigenvalue weighted by molar-refractivity contribution is 5.76. The molecule has 0 amide bonds. The van der Waals surface area contributed by atoms with Crippen LogP contribution < -0.4 is 0 Å². The van der Waals surface area contributed by atoms with E-state index in [0.717, 1.165) is 19.3 Å². The molecule has 1 aliphatic carbocycles. The third kappa shape index (κ3) is 2.61. The van der Waals surface area contributed by atoms with Gasteiger partial charge in [0.1, 0.15) is 0 Å². The van der Waals surface area contributed by atoms with Gasteiger partial charge >= 0.3 is 5.97 Å². The molecule has 2 fully saturated rings. The molecule has 3 nitrogen and oxygen atoms in total. The van der Waals surface area contributed by atoms with Gasteiger partial charge < -0.3 is 4.74 Å². The van der Waals surface area contributed by atoms with Gasteiger partial charge in [0, 0.05) is 19.1 Å². The summed E-state index contributed by atoms with van der Waals surface area (Å²) in [4.78, 5) is 14.6. The lowest BCUT2D eigenvalue weighted by Gasteiger charge is -2.49. The average molecular weight is 281 g/mol. The summed E-state index contributed by atoms with van der Waals surface area (Å²) in [5.41, 5.74) is 0.152. The van der Waals surface area contributed by atoms with E-state index in [1.54, 1.807) is 0 Å². The summed E-state index contributed by atoms with van der Waals surface area (Å²) in [6.45, 7) is 13.9. The van der Waals surface area contributed by atoms with Crippen molar-refractivity contribution in [2.45, 2.75) is 59.9 Å². The zero-order chi connectivity index (χ0) is 15.1. The Labute approximate surface area is 124 Å². The molecule has 1 aliphatic heterocycles. The van der Waals surface area contributed by atoms with Crippen LogP contribution in [0.4, 0.5) is 0 Å². The molecule has 0 aromatic rings. The molecule has 0 aromatic heterocycles. The second kappa shape index (κ2) is 5.32. The Balaban J connectivity index is 2.03. The minimum absolute atomic E-state index is 0.0292. The normalized spacial score (nSPS) is 41.6. The van der Waals surface area contributed by atoms with Crippen LogP contribution in [-0.4, -0.2) is 37.1 Å². The zero-order valence-electron chi connectivity index (χ0n) is 14.0. The van der Waals surface area contributed by atoms with Crippen LogP contribution in [0.2, 0.25) is 0 Å². The summed E-state index contributed by atoms with van der Waals surface area (Å²) in [5.74, 6) is 1.38. The second-order valence-corrected chi connectivity index (χ2v) is 8.03. The number of carbonyl (C=O) groups excluding carboxylic acids is 1. The summed E-state index contributed by atoms with van der Waals surface area (Å²) in [7, 11) is 1.51. The molecule has 3 heteroatoms. The van der Waals surface area contributed by atoms with E-state index in [2.05, 4.69) is 39.5 Å². The van der Waals surface area contributed by atoms with Crippen molar-refractivity contribution >= 4 is 5.97 Å². The Hall–Kier alpha value is -0.570. The first kappa shape index (κ1) is 15.8. The van der Waals surface area contributed by atoms with Crippen molar-refractivity contribution < 1.29 is 9.53 Å². The summed E-state index contributed by atoms with van der Waals surface area (Å²) in [6, 6.07) is 0.556. The number of hydrogen-bond donors (Lipinski definition) is 0. The standard InChI is InChI=1S/C17H31NO2/c1-12-10-18(11-13(2)16(12,3)4)14-7-8-17(5,9-14)15(19)20-6/h12-14H,7-11H2,1-6H3. The van der Waals surface area contributed by atoms with Crippen LogP contribution in [0.15, 0.2) is 0 Å². The lowest BCUT2D eigenvalue weighted by Crippen LogP contribution is -2.52. The molecule has 2 aliphatic rings. The number of piperidine rings is 1. The molecule has 0 bridgehead atoms. The van der Waals surface area contributed by atoms with Crippen LogP contribution in [0, 0.1) is 22.7 Å². The lowest BCUT2D eigenvalue weighted by molar-refractivity contribution is -0.151. The van der Waals surface area contributed by atoms with E-state index >= 15 is 0 Å². The molecule has 0 N–H and O–H groups in total. The highest BCUT2D eigenvalue weighted by Crippen LogP contribution is 2.45. The van der Waals surface area contributed by atoms with Crippen molar-refractivity contribution in [2.24, 2.45) is 22.7 Å². The third-order valence-electron chi connectivity index (χ3n) is 6.47. The maximum Gasteiger partial charge on any atom is 0.311 e.